The molecule has 0 radical (unpaired) electrons. The van der Waals surface area contributed by atoms with Crippen LogP contribution in [0.1, 0.15) is 20.8 Å². The van der Waals surface area contributed by atoms with E-state index in [4.69, 9.17) is 14.9 Å². The monoisotopic (exact) mass is 234 g/mol. The van der Waals surface area contributed by atoms with Crippen LogP contribution in [0.5, 0.6) is 0 Å². The second-order valence-corrected chi connectivity index (χ2v) is 4.21. The van der Waals surface area contributed by atoms with Crippen LogP contribution in [0.2, 0.25) is 0 Å². The van der Waals surface area contributed by atoms with Crippen molar-refractivity contribution in [2.24, 2.45) is 0 Å². The number of carboxylic acid groups (broad SMARTS) is 1. The standard InChI is InChI=1S/C9H18N2O5/c1-9(2,3)16-8(15)10-4-6(5-12)11-7(13)14/h6,11-12H,4-5H2,1-3H3,(H,10,15)(H,13,14)/t6-/m1/s1. The van der Waals surface area contributed by atoms with E-state index in [1.54, 1.807) is 20.8 Å². The van der Waals surface area contributed by atoms with Gasteiger partial charge in [-0.2, -0.15) is 0 Å². The largest absolute Gasteiger partial charge is 0.465 e. The Balaban J connectivity index is 3.93. The highest BCUT2D eigenvalue weighted by molar-refractivity contribution is 5.68. The minimum Gasteiger partial charge on any atom is -0.465 e. The number of aliphatic hydroxyl groups is 1. The Morgan fingerprint density at radius 1 is 1.38 bits per heavy atom. The summed E-state index contributed by atoms with van der Waals surface area (Å²) in [6.07, 6.45) is -1.91. The number of aliphatic hydroxyl groups excluding tert-OH is 1. The lowest BCUT2D eigenvalue weighted by Crippen LogP contribution is -2.46. The van der Waals surface area contributed by atoms with Crippen molar-refractivity contribution < 1.29 is 24.5 Å². The number of ether oxygens (including phenoxy) is 1. The maximum atomic E-state index is 11.2. The molecule has 0 saturated heterocycles. The molecule has 4 N–H and O–H groups in total. The van der Waals surface area contributed by atoms with Gasteiger partial charge in [-0.3, -0.25) is 0 Å². The van der Waals surface area contributed by atoms with Crippen molar-refractivity contribution in [2.75, 3.05) is 13.2 Å². The van der Waals surface area contributed by atoms with E-state index in [0.717, 1.165) is 0 Å². The first-order valence-corrected chi connectivity index (χ1v) is 4.82. The quantitative estimate of drug-likeness (QED) is 0.553. The van der Waals surface area contributed by atoms with E-state index in [1.807, 2.05) is 5.32 Å². The smallest absolute Gasteiger partial charge is 0.407 e. The number of hydrogen-bond donors (Lipinski definition) is 4. The molecule has 0 aromatic carbocycles. The molecule has 94 valence electrons. The first-order valence-electron chi connectivity index (χ1n) is 4.82. The van der Waals surface area contributed by atoms with Gasteiger partial charge in [-0.15, -0.1) is 0 Å². The van der Waals surface area contributed by atoms with Crippen molar-refractivity contribution in [3.8, 4) is 0 Å². The fourth-order valence-corrected chi connectivity index (χ4v) is 0.857. The zero-order chi connectivity index (χ0) is 12.8. The summed E-state index contributed by atoms with van der Waals surface area (Å²) in [7, 11) is 0. The molecular formula is C9H18N2O5. The van der Waals surface area contributed by atoms with Gasteiger partial charge in [-0.1, -0.05) is 0 Å². The SMILES string of the molecule is CC(C)(C)OC(=O)NC[C@H](CO)NC(=O)O. The number of nitrogens with one attached hydrogen (secondary N) is 2. The summed E-state index contributed by atoms with van der Waals surface area (Å²) in [4.78, 5) is 21.5. The molecule has 7 heteroatoms. The van der Waals surface area contributed by atoms with Crippen molar-refractivity contribution in [3.63, 3.8) is 0 Å². The highest BCUT2D eigenvalue weighted by Gasteiger charge is 2.17. The van der Waals surface area contributed by atoms with E-state index in [9.17, 15) is 9.59 Å². The van der Waals surface area contributed by atoms with Gasteiger partial charge >= 0.3 is 12.2 Å². The van der Waals surface area contributed by atoms with E-state index < -0.39 is 30.4 Å². The van der Waals surface area contributed by atoms with Gasteiger partial charge in [-0.05, 0) is 20.8 Å². The van der Waals surface area contributed by atoms with Crippen LogP contribution in [-0.4, -0.2) is 47.2 Å². The van der Waals surface area contributed by atoms with Gasteiger partial charge in [0.2, 0.25) is 0 Å². The number of rotatable bonds is 4. The lowest BCUT2D eigenvalue weighted by atomic mass is 10.2. The predicted molar refractivity (Wildman–Crippen MR) is 56.3 cm³/mol. The number of carbonyl (C=O) groups is 2. The summed E-state index contributed by atoms with van der Waals surface area (Å²) in [6.45, 7) is 4.71. The van der Waals surface area contributed by atoms with Crippen molar-refractivity contribution >= 4 is 12.2 Å². The maximum absolute atomic E-state index is 11.2. The minimum absolute atomic E-state index is 0.0300. The maximum Gasteiger partial charge on any atom is 0.407 e. The third-order valence-corrected chi connectivity index (χ3v) is 1.44. The Hall–Kier alpha value is -1.50. The number of carbonyl (C=O) groups excluding carboxylic acids is 1. The van der Waals surface area contributed by atoms with Gasteiger partial charge in [0.15, 0.2) is 0 Å². The second kappa shape index (κ2) is 6.16. The van der Waals surface area contributed by atoms with Crippen molar-refractivity contribution in [1.82, 2.24) is 10.6 Å². The third-order valence-electron chi connectivity index (χ3n) is 1.44. The molecule has 0 spiro atoms. The van der Waals surface area contributed by atoms with Crippen molar-refractivity contribution in [1.29, 1.82) is 0 Å². The van der Waals surface area contributed by atoms with Crippen molar-refractivity contribution in [2.45, 2.75) is 32.4 Å². The molecule has 0 fully saturated rings. The van der Waals surface area contributed by atoms with Gasteiger partial charge in [0.25, 0.3) is 0 Å². The normalized spacial score (nSPS) is 12.8. The first-order chi connectivity index (χ1) is 7.24. The highest BCUT2D eigenvalue weighted by atomic mass is 16.6. The Morgan fingerprint density at radius 3 is 2.31 bits per heavy atom. The van der Waals surface area contributed by atoms with Crippen LogP contribution < -0.4 is 10.6 Å². The topological polar surface area (TPSA) is 108 Å². The fourth-order valence-electron chi connectivity index (χ4n) is 0.857. The van der Waals surface area contributed by atoms with E-state index in [1.165, 1.54) is 0 Å². The second-order valence-electron chi connectivity index (χ2n) is 4.21. The minimum atomic E-state index is -1.26. The summed E-state index contributed by atoms with van der Waals surface area (Å²) in [5, 5.41) is 21.6. The predicted octanol–water partition coefficient (Wildman–Crippen LogP) is 0.140. The molecule has 0 aromatic rings. The molecule has 0 rings (SSSR count). The average molecular weight is 234 g/mol. The molecule has 0 bridgehead atoms. The summed E-state index contributed by atoms with van der Waals surface area (Å²) >= 11 is 0. The lowest BCUT2D eigenvalue weighted by molar-refractivity contribution is 0.0517. The van der Waals surface area contributed by atoms with Crippen LogP contribution in [0.3, 0.4) is 0 Å². The molecule has 0 aliphatic heterocycles. The van der Waals surface area contributed by atoms with Gasteiger partial charge in [0, 0.05) is 6.54 Å². The van der Waals surface area contributed by atoms with E-state index in [-0.39, 0.29) is 6.54 Å². The Morgan fingerprint density at radius 2 is 1.94 bits per heavy atom. The highest BCUT2D eigenvalue weighted by Crippen LogP contribution is 2.06. The molecule has 7 nitrogen and oxygen atoms in total. The van der Waals surface area contributed by atoms with Crippen LogP contribution in [0.15, 0.2) is 0 Å². The molecular weight excluding hydrogens is 216 g/mol. The molecule has 2 amide bonds. The van der Waals surface area contributed by atoms with E-state index in [2.05, 4.69) is 5.32 Å². The number of alkyl carbamates (subject to hydrolysis) is 1. The molecule has 1 atom stereocenters. The zero-order valence-corrected chi connectivity index (χ0v) is 9.61. The molecule has 0 aromatic heterocycles. The molecule has 0 unspecified atom stereocenters. The van der Waals surface area contributed by atoms with Gasteiger partial charge in [0.05, 0.1) is 12.6 Å². The molecule has 0 heterocycles. The van der Waals surface area contributed by atoms with Crippen LogP contribution >= 0.6 is 0 Å². The van der Waals surface area contributed by atoms with E-state index >= 15 is 0 Å². The zero-order valence-electron chi connectivity index (χ0n) is 9.61. The average Bonchev–Trinajstić information content (AvgIpc) is 2.08. The first kappa shape index (κ1) is 14.5. The van der Waals surface area contributed by atoms with Gasteiger partial charge in [-0.25, -0.2) is 9.59 Å². The Bertz CT molecular complexity index is 249. The van der Waals surface area contributed by atoms with E-state index in [0.29, 0.717) is 0 Å². The van der Waals surface area contributed by atoms with Crippen molar-refractivity contribution in [3.05, 3.63) is 0 Å². The van der Waals surface area contributed by atoms with Crippen LogP contribution in [-0.2, 0) is 4.74 Å². The summed E-state index contributed by atoms with van der Waals surface area (Å²) in [5.41, 5.74) is -0.612. The number of hydrogen-bond acceptors (Lipinski definition) is 4. The van der Waals surface area contributed by atoms with Crippen LogP contribution in [0.25, 0.3) is 0 Å². The molecule has 16 heavy (non-hydrogen) atoms. The van der Waals surface area contributed by atoms with Gasteiger partial charge in [0.1, 0.15) is 5.60 Å². The Labute approximate surface area is 93.8 Å². The summed E-state index contributed by atoms with van der Waals surface area (Å²) < 4.78 is 4.93. The molecule has 0 aliphatic rings. The summed E-state index contributed by atoms with van der Waals surface area (Å²) in [6, 6.07) is -0.745. The fraction of sp³-hybridized carbons (Fsp3) is 0.778. The van der Waals surface area contributed by atoms with Crippen LogP contribution in [0, 0.1) is 0 Å². The van der Waals surface area contributed by atoms with Crippen LogP contribution in [0.4, 0.5) is 9.59 Å². The molecule has 0 saturated carbocycles. The Kier molecular flexibility index (Phi) is 5.59. The lowest BCUT2D eigenvalue weighted by Gasteiger charge is -2.21. The third kappa shape index (κ3) is 7.86. The molecule has 0 aliphatic carbocycles. The number of amides is 2. The summed E-state index contributed by atoms with van der Waals surface area (Å²) in [5.74, 6) is 0. The van der Waals surface area contributed by atoms with Gasteiger partial charge < -0.3 is 25.6 Å².